The minimum atomic E-state index is -3.42. The first-order chi connectivity index (χ1) is 9.27. The number of anilines is 1. The minimum Gasteiger partial charge on any atom is -0.399 e. The van der Waals surface area contributed by atoms with E-state index in [4.69, 9.17) is 12.2 Å². The van der Waals surface area contributed by atoms with Crippen molar-refractivity contribution in [2.75, 3.05) is 12.0 Å². The van der Waals surface area contributed by atoms with Gasteiger partial charge in [-0.2, -0.15) is 0 Å². The van der Waals surface area contributed by atoms with Crippen molar-refractivity contribution in [1.82, 2.24) is 5.32 Å². The Hall–Kier alpha value is -2.00. The predicted molar refractivity (Wildman–Crippen MR) is 79.0 cm³/mol. The van der Waals surface area contributed by atoms with Crippen LogP contribution in [0, 0.1) is 12.3 Å². The van der Waals surface area contributed by atoms with Gasteiger partial charge in [-0.1, -0.05) is 6.92 Å². The standard InChI is InChI=1S/C14H18N2O3S/c1-4-6-12(5-2)16-14(17)10-7-11(15)9-13(8-10)20(3,18)19/h1,7-9,12H,5-6,15H2,2-3H3,(H,16,17). The molecule has 3 N–H and O–H groups in total. The summed E-state index contributed by atoms with van der Waals surface area (Å²) in [5.41, 5.74) is 6.07. The molecule has 20 heavy (non-hydrogen) atoms. The van der Waals surface area contributed by atoms with Crippen LogP contribution in [0.15, 0.2) is 23.1 Å². The number of amides is 1. The number of carbonyl (C=O) groups is 1. The van der Waals surface area contributed by atoms with Crippen molar-refractivity contribution in [3.63, 3.8) is 0 Å². The normalized spacial score (nSPS) is 12.4. The van der Waals surface area contributed by atoms with E-state index in [0.717, 1.165) is 6.26 Å². The van der Waals surface area contributed by atoms with Crippen LogP contribution in [0.25, 0.3) is 0 Å². The lowest BCUT2D eigenvalue weighted by Gasteiger charge is -2.14. The van der Waals surface area contributed by atoms with Crippen molar-refractivity contribution in [3.05, 3.63) is 23.8 Å². The summed E-state index contributed by atoms with van der Waals surface area (Å²) in [6.45, 7) is 1.91. The Morgan fingerprint density at radius 3 is 2.60 bits per heavy atom. The van der Waals surface area contributed by atoms with Crippen LogP contribution < -0.4 is 11.1 Å². The lowest BCUT2D eigenvalue weighted by Crippen LogP contribution is -2.34. The van der Waals surface area contributed by atoms with E-state index in [1.807, 2.05) is 6.92 Å². The Bertz CT molecular complexity index is 645. The second-order valence-electron chi connectivity index (χ2n) is 4.55. The molecule has 6 heteroatoms. The molecule has 0 aliphatic carbocycles. The van der Waals surface area contributed by atoms with E-state index < -0.39 is 9.84 Å². The first-order valence-electron chi connectivity index (χ1n) is 6.13. The minimum absolute atomic E-state index is 0.0210. The van der Waals surface area contributed by atoms with Crippen LogP contribution >= 0.6 is 0 Å². The molecule has 1 atom stereocenters. The van der Waals surface area contributed by atoms with Crippen LogP contribution in [-0.2, 0) is 9.84 Å². The van der Waals surface area contributed by atoms with Gasteiger partial charge in [0.05, 0.1) is 4.90 Å². The molecule has 0 bridgehead atoms. The van der Waals surface area contributed by atoms with Crippen LogP contribution in [0.1, 0.15) is 30.1 Å². The SMILES string of the molecule is C#CCC(CC)NC(=O)c1cc(N)cc(S(C)(=O)=O)c1. The van der Waals surface area contributed by atoms with E-state index in [1.54, 1.807) is 0 Å². The maximum Gasteiger partial charge on any atom is 0.251 e. The van der Waals surface area contributed by atoms with Gasteiger partial charge in [0.15, 0.2) is 9.84 Å². The molecule has 0 spiro atoms. The van der Waals surface area contributed by atoms with Crippen molar-refractivity contribution in [3.8, 4) is 12.3 Å². The van der Waals surface area contributed by atoms with Crippen LogP contribution in [0.3, 0.4) is 0 Å². The highest BCUT2D eigenvalue weighted by atomic mass is 32.2. The van der Waals surface area contributed by atoms with Crippen molar-refractivity contribution in [2.24, 2.45) is 0 Å². The zero-order valence-electron chi connectivity index (χ0n) is 11.5. The molecule has 0 saturated heterocycles. The summed E-state index contributed by atoms with van der Waals surface area (Å²) < 4.78 is 23.1. The third-order valence-electron chi connectivity index (χ3n) is 2.81. The molecule has 1 rings (SSSR count). The van der Waals surface area contributed by atoms with Crippen molar-refractivity contribution < 1.29 is 13.2 Å². The lowest BCUT2D eigenvalue weighted by molar-refractivity contribution is 0.0936. The van der Waals surface area contributed by atoms with Gasteiger partial charge >= 0.3 is 0 Å². The summed E-state index contributed by atoms with van der Waals surface area (Å²) in [6, 6.07) is 3.93. The molecule has 1 amide bonds. The van der Waals surface area contributed by atoms with Crippen LogP contribution in [0.5, 0.6) is 0 Å². The van der Waals surface area contributed by atoms with E-state index in [9.17, 15) is 13.2 Å². The monoisotopic (exact) mass is 294 g/mol. The molecular weight excluding hydrogens is 276 g/mol. The summed E-state index contributed by atoms with van der Waals surface area (Å²) in [5.74, 6) is 2.10. The smallest absolute Gasteiger partial charge is 0.251 e. The first kappa shape index (κ1) is 16.1. The van der Waals surface area contributed by atoms with Crippen LogP contribution in [-0.4, -0.2) is 26.6 Å². The maximum atomic E-state index is 12.1. The number of nitrogens with one attached hydrogen (secondary N) is 1. The molecule has 0 aliphatic rings. The van der Waals surface area contributed by atoms with Gasteiger partial charge in [0, 0.05) is 30.0 Å². The zero-order valence-corrected chi connectivity index (χ0v) is 12.3. The van der Waals surface area contributed by atoms with Crippen molar-refractivity contribution in [1.29, 1.82) is 0 Å². The van der Waals surface area contributed by atoms with Crippen molar-refractivity contribution in [2.45, 2.75) is 30.7 Å². The van der Waals surface area contributed by atoms with E-state index in [1.165, 1.54) is 18.2 Å². The maximum absolute atomic E-state index is 12.1. The Morgan fingerprint density at radius 2 is 2.10 bits per heavy atom. The van der Waals surface area contributed by atoms with E-state index in [2.05, 4.69) is 11.2 Å². The topological polar surface area (TPSA) is 89.3 Å². The molecule has 1 aromatic carbocycles. The third-order valence-corrected chi connectivity index (χ3v) is 3.90. The molecule has 0 aliphatic heterocycles. The Labute approximate surface area is 119 Å². The Morgan fingerprint density at radius 1 is 1.45 bits per heavy atom. The summed E-state index contributed by atoms with van der Waals surface area (Å²) in [6.07, 6.45) is 7.40. The fourth-order valence-electron chi connectivity index (χ4n) is 1.68. The van der Waals surface area contributed by atoms with Gasteiger partial charge in [-0.15, -0.1) is 12.3 Å². The molecule has 1 unspecified atom stereocenters. The van der Waals surface area contributed by atoms with Gasteiger partial charge in [0.2, 0.25) is 0 Å². The van der Waals surface area contributed by atoms with Gasteiger partial charge in [-0.3, -0.25) is 4.79 Å². The van der Waals surface area contributed by atoms with Gasteiger partial charge < -0.3 is 11.1 Å². The van der Waals surface area contributed by atoms with Crippen LogP contribution in [0.4, 0.5) is 5.69 Å². The zero-order chi connectivity index (χ0) is 15.3. The number of benzene rings is 1. The summed E-state index contributed by atoms with van der Waals surface area (Å²) in [4.78, 5) is 12.1. The first-order valence-corrected chi connectivity index (χ1v) is 8.02. The summed E-state index contributed by atoms with van der Waals surface area (Å²) in [5, 5.41) is 2.76. The Kier molecular flexibility index (Phi) is 5.17. The third kappa shape index (κ3) is 4.28. The van der Waals surface area contributed by atoms with E-state index in [0.29, 0.717) is 12.8 Å². The van der Waals surface area contributed by atoms with E-state index in [-0.39, 0.29) is 28.1 Å². The molecule has 0 saturated carbocycles. The summed E-state index contributed by atoms with van der Waals surface area (Å²) in [7, 11) is -3.42. The number of hydrogen-bond donors (Lipinski definition) is 2. The molecule has 0 aromatic heterocycles. The predicted octanol–water partition coefficient (Wildman–Crippen LogP) is 1.20. The molecule has 0 heterocycles. The summed E-state index contributed by atoms with van der Waals surface area (Å²) >= 11 is 0. The number of nitrogens with two attached hydrogens (primary N) is 1. The van der Waals surface area contributed by atoms with Gasteiger partial charge in [-0.25, -0.2) is 8.42 Å². The Balaban J connectivity index is 3.05. The number of terminal acetylenes is 1. The number of carbonyl (C=O) groups excluding carboxylic acids is 1. The highest BCUT2D eigenvalue weighted by Gasteiger charge is 2.15. The number of nitrogen functional groups attached to an aromatic ring is 1. The molecule has 108 valence electrons. The number of sulfone groups is 1. The van der Waals surface area contributed by atoms with Gasteiger partial charge in [0.1, 0.15) is 0 Å². The lowest BCUT2D eigenvalue weighted by atomic mass is 10.1. The molecule has 5 nitrogen and oxygen atoms in total. The highest BCUT2D eigenvalue weighted by molar-refractivity contribution is 7.90. The van der Waals surface area contributed by atoms with E-state index >= 15 is 0 Å². The average Bonchev–Trinajstić information content (AvgIpc) is 2.36. The highest BCUT2D eigenvalue weighted by Crippen LogP contribution is 2.17. The van der Waals surface area contributed by atoms with Gasteiger partial charge in [-0.05, 0) is 24.6 Å². The number of rotatable bonds is 5. The molecular formula is C14H18N2O3S. The average molecular weight is 294 g/mol. The quantitative estimate of drug-likeness (QED) is 0.631. The second-order valence-corrected chi connectivity index (χ2v) is 6.57. The number of hydrogen-bond acceptors (Lipinski definition) is 4. The molecule has 0 fully saturated rings. The molecule has 1 aromatic rings. The second kappa shape index (κ2) is 6.44. The van der Waals surface area contributed by atoms with Crippen molar-refractivity contribution >= 4 is 21.4 Å². The van der Waals surface area contributed by atoms with Crippen LogP contribution in [0.2, 0.25) is 0 Å². The van der Waals surface area contributed by atoms with Gasteiger partial charge in [0.25, 0.3) is 5.91 Å². The molecule has 0 radical (unpaired) electrons. The fourth-order valence-corrected chi connectivity index (χ4v) is 2.37. The largest absolute Gasteiger partial charge is 0.399 e. The fraction of sp³-hybridized carbons (Fsp3) is 0.357.